The number of benzene rings is 4. The van der Waals surface area contributed by atoms with Crippen LogP contribution >= 0.6 is 0 Å². The number of hydrogen-bond donors (Lipinski definition) is 1. The van der Waals surface area contributed by atoms with E-state index in [1.54, 1.807) is 11.0 Å². The zero-order valence-corrected chi connectivity index (χ0v) is 35.5. The van der Waals surface area contributed by atoms with Gasteiger partial charge >= 0.3 is 6.09 Å². The van der Waals surface area contributed by atoms with Crippen LogP contribution in [0.2, 0.25) is 0 Å². The standard InChI is InChI=1S/C46H56N8O6/c1-46(2,3)60-45(59)52-27-25-51(26-28-52)38-16-14-36-40-32(38)10-7-12-34(40)42(56)54(44(36)58)30-24-49(5)20-8-19-48(4)23-29-53-41(55)33-11-6-9-31-37(50-21-17-47-18-22-50)15-13-35(39(31)33)43(53)57/h6-7,9-16,47H,8,17-30H2,1-5H3. The van der Waals surface area contributed by atoms with Gasteiger partial charge in [-0.2, -0.15) is 0 Å². The number of likely N-dealkylation sites (N-methyl/N-ethyl adjacent to an activating group) is 2. The normalized spacial score (nSPS) is 17.3. The summed E-state index contributed by atoms with van der Waals surface area (Å²) in [6.07, 6.45) is 0.504. The zero-order chi connectivity index (χ0) is 42.3. The molecule has 0 bridgehead atoms. The van der Waals surface area contributed by atoms with Crippen molar-refractivity contribution >= 4 is 62.6 Å². The Hall–Kier alpha value is -5.57. The molecule has 0 spiro atoms. The number of nitrogens with zero attached hydrogens (tertiary/aromatic N) is 7. The van der Waals surface area contributed by atoms with E-state index in [1.807, 2.05) is 89.5 Å². The van der Waals surface area contributed by atoms with Gasteiger partial charge in [-0.05, 0) is 90.8 Å². The van der Waals surface area contributed by atoms with Gasteiger partial charge in [0.1, 0.15) is 5.60 Å². The zero-order valence-electron chi connectivity index (χ0n) is 35.5. The molecule has 4 aromatic carbocycles. The van der Waals surface area contributed by atoms with Gasteiger partial charge in [-0.3, -0.25) is 29.0 Å². The van der Waals surface area contributed by atoms with E-state index in [1.165, 1.54) is 9.80 Å². The van der Waals surface area contributed by atoms with Crippen molar-refractivity contribution in [1.82, 2.24) is 29.8 Å². The predicted octanol–water partition coefficient (Wildman–Crippen LogP) is 4.61. The highest BCUT2D eigenvalue weighted by molar-refractivity contribution is 6.28. The Morgan fingerprint density at radius 1 is 0.600 bits per heavy atom. The van der Waals surface area contributed by atoms with Crippen molar-refractivity contribution in [2.75, 3.05) is 116 Å². The molecule has 2 saturated heterocycles. The van der Waals surface area contributed by atoms with Gasteiger partial charge in [0.15, 0.2) is 0 Å². The largest absolute Gasteiger partial charge is 0.444 e. The topological polar surface area (TPSA) is 129 Å². The first-order valence-corrected chi connectivity index (χ1v) is 21.2. The molecule has 5 amide bonds. The van der Waals surface area contributed by atoms with Gasteiger partial charge in [-0.25, -0.2) is 4.79 Å². The maximum Gasteiger partial charge on any atom is 0.410 e. The number of imide groups is 2. The van der Waals surface area contributed by atoms with Gasteiger partial charge in [0.25, 0.3) is 23.6 Å². The first-order chi connectivity index (χ1) is 28.8. The lowest BCUT2D eigenvalue weighted by Gasteiger charge is -2.37. The molecule has 60 heavy (non-hydrogen) atoms. The summed E-state index contributed by atoms with van der Waals surface area (Å²) < 4.78 is 5.56. The Kier molecular flexibility index (Phi) is 11.5. The molecular formula is C46H56N8O6. The maximum absolute atomic E-state index is 13.9. The molecule has 1 N–H and O–H groups in total. The van der Waals surface area contributed by atoms with E-state index in [2.05, 4.69) is 24.9 Å². The number of carbonyl (C=O) groups is 5. The second-order valence-electron chi connectivity index (χ2n) is 17.4. The Balaban J connectivity index is 0.824. The van der Waals surface area contributed by atoms with Crippen molar-refractivity contribution in [3.8, 4) is 0 Å². The molecule has 4 aliphatic rings. The van der Waals surface area contributed by atoms with Crippen LogP contribution in [0.1, 0.15) is 68.6 Å². The minimum atomic E-state index is -0.561. The highest BCUT2D eigenvalue weighted by Crippen LogP contribution is 2.38. The number of nitrogens with one attached hydrogen (secondary N) is 1. The first-order valence-electron chi connectivity index (χ1n) is 21.2. The minimum absolute atomic E-state index is 0.250. The summed E-state index contributed by atoms with van der Waals surface area (Å²) in [4.78, 5) is 81.0. The van der Waals surface area contributed by atoms with Crippen molar-refractivity contribution in [2.24, 2.45) is 0 Å². The summed E-state index contributed by atoms with van der Waals surface area (Å²) in [5, 5.41) is 6.62. The van der Waals surface area contributed by atoms with E-state index >= 15 is 0 Å². The molecule has 0 aliphatic carbocycles. The van der Waals surface area contributed by atoms with E-state index in [0.29, 0.717) is 73.5 Å². The smallest absolute Gasteiger partial charge is 0.410 e. The molecule has 14 nitrogen and oxygen atoms in total. The van der Waals surface area contributed by atoms with Crippen molar-refractivity contribution in [3.05, 3.63) is 82.9 Å². The van der Waals surface area contributed by atoms with Crippen molar-refractivity contribution < 1.29 is 28.7 Å². The summed E-state index contributed by atoms with van der Waals surface area (Å²) in [5.41, 5.74) is 3.63. The van der Waals surface area contributed by atoms with Crippen LogP contribution in [0.4, 0.5) is 16.2 Å². The van der Waals surface area contributed by atoms with Gasteiger partial charge in [-0.1, -0.05) is 24.3 Å². The number of amides is 5. The van der Waals surface area contributed by atoms with Gasteiger partial charge in [0, 0.05) is 134 Å². The molecule has 4 aliphatic heterocycles. The fraction of sp³-hybridized carbons (Fsp3) is 0.457. The molecule has 316 valence electrons. The maximum atomic E-state index is 13.9. The van der Waals surface area contributed by atoms with Crippen molar-refractivity contribution in [2.45, 2.75) is 32.8 Å². The number of piperazine rings is 2. The highest BCUT2D eigenvalue weighted by atomic mass is 16.6. The van der Waals surface area contributed by atoms with E-state index in [4.69, 9.17) is 4.74 Å². The molecular weight excluding hydrogens is 761 g/mol. The minimum Gasteiger partial charge on any atom is -0.444 e. The molecule has 0 radical (unpaired) electrons. The number of carbonyl (C=O) groups excluding carboxylic acids is 5. The summed E-state index contributed by atoms with van der Waals surface area (Å²) in [6, 6.07) is 19.1. The second-order valence-corrected chi connectivity index (χ2v) is 17.4. The number of hydrogen-bond acceptors (Lipinski definition) is 11. The van der Waals surface area contributed by atoms with Crippen LogP contribution in [0.15, 0.2) is 60.7 Å². The van der Waals surface area contributed by atoms with Crippen molar-refractivity contribution in [3.63, 3.8) is 0 Å². The number of anilines is 2. The molecule has 8 rings (SSSR count). The first kappa shape index (κ1) is 41.2. The molecule has 2 fully saturated rings. The molecule has 0 saturated carbocycles. The van der Waals surface area contributed by atoms with Crippen LogP contribution in [0, 0.1) is 0 Å². The van der Waals surface area contributed by atoms with Crippen LogP contribution in [0.5, 0.6) is 0 Å². The third-order valence-electron chi connectivity index (χ3n) is 12.2. The monoisotopic (exact) mass is 816 g/mol. The van der Waals surface area contributed by atoms with Gasteiger partial charge < -0.3 is 34.6 Å². The third kappa shape index (κ3) is 8.03. The second kappa shape index (κ2) is 16.8. The Labute approximate surface area is 351 Å². The molecule has 0 atom stereocenters. The summed E-state index contributed by atoms with van der Waals surface area (Å²) >= 11 is 0. The lowest BCUT2D eigenvalue weighted by molar-refractivity contribution is 0.0240. The Morgan fingerprint density at radius 3 is 1.48 bits per heavy atom. The molecule has 4 aromatic rings. The molecule has 14 heteroatoms. The predicted molar refractivity (Wildman–Crippen MR) is 233 cm³/mol. The molecule has 0 aromatic heterocycles. The third-order valence-corrected chi connectivity index (χ3v) is 12.2. The molecule has 4 heterocycles. The lowest BCUT2D eigenvalue weighted by atomic mass is 9.92. The SMILES string of the molecule is CN(CCCN(C)CCN1C(=O)c2cccc3c(N4CCN(C(=O)OC(C)(C)C)CC4)ccc(c23)C1=O)CCN1C(=O)c2cccc3c(N4CCNCC4)ccc(c23)C1=O. The number of ether oxygens (including phenoxy) is 1. The van der Waals surface area contributed by atoms with Gasteiger partial charge in [0.2, 0.25) is 0 Å². The van der Waals surface area contributed by atoms with E-state index in [9.17, 15) is 24.0 Å². The lowest BCUT2D eigenvalue weighted by Crippen LogP contribution is -2.50. The quantitative estimate of drug-likeness (QED) is 0.202. The fourth-order valence-corrected chi connectivity index (χ4v) is 8.96. The van der Waals surface area contributed by atoms with Gasteiger partial charge in [-0.15, -0.1) is 0 Å². The Morgan fingerprint density at radius 2 is 1.03 bits per heavy atom. The Bertz CT molecular complexity index is 2300. The van der Waals surface area contributed by atoms with Crippen LogP contribution in [0.3, 0.4) is 0 Å². The molecule has 0 unspecified atom stereocenters. The average Bonchev–Trinajstić information content (AvgIpc) is 3.24. The average molecular weight is 817 g/mol. The van der Waals surface area contributed by atoms with Gasteiger partial charge in [0.05, 0.1) is 0 Å². The summed E-state index contributed by atoms with van der Waals surface area (Å²) in [5.74, 6) is -1.09. The summed E-state index contributed by atoms with van der Waals surface area (Å²) in [7, 11) is 3.98. The highest BCUT2D eigenvalue weighted by Gasteiger charge is 2.36. The summed E-state index contributed by atoms with van der Waals surface area (Å²) in [6.45, 7) is 14.5. The van der Waals surface area contributed by atoms with Crippen LogP contribution in [-0.2, 0) is 4.74 Å². The van der Waals surface area contributed by atoms with Crippen LogP contribution in [-0.4, -0.2) is 166 Å². The van der Waals surface area contributed by atoms with E-state index in [0.717, 1.165) is 73.2 Å². The van der Waals surface area contributed by atoms with E-state index in [-0.39, 0.29) is 36.3 Å². The number of rotatable bonds is 12. The van der Waals surface area contributed by atoms with Crippen molar-refractivity contribution in [1.29, 1.82) is 0 Å². The fourth-order valence-electron chi connectivity index (χ4n) is 8.96. The van der Waals surface area contributed by atoms with Crippen LogP contribution < -0.4 is 15.1 Å². The van der Waals surface area contributed by atoms with Crippen LogP contribution in [0.25, 0.3) is 21.5 Å². The van der Waals surface area contributed by atoms with E-state index < -0.39 is 5.60 Å².